The van der Waals surface area contributed by atoms with Gasteiger partial charge in [0.2, 0.25) is 0 Å². The first kappa shape index (κ1) is 18.0. The van der Waals surface area contributed by atoms with E-state index in [-0.39, 0.29) is 0 Å². The molecule has 0 amide bonds. The second-order valence-electron chi connectivity index (χ2n) is 7.30. The molecule has 0 N–H and O–H groups in total. The highest BCUT2D eigenvalue weighted by Crippen LogP contribution is 2.32. The normalized spacial score (nSPS) is 20.9. The Morgan fingerprint density at radius 3 is 2.05 bits per heavy atom. The highest BCUT2D eigenvalue weighted by Gasteiger charge is 2.27. The van der Waals surface area contributed by atoms with Gasteiger partial charge in [-0.3, -0.25) is 0 Å². The lowest BCUT2D eigenvalue weighted by Gasteiger charge is -2.40. The molecule has 0 aromatic carbocycles. The highest BCUT2D eigenvalue weighted by molar-refractivity contribution is 6.04. The zero-order valence-electron chi connectivity index (χ0n) is 14.6. The van der Waals surface area contributed by atoms with Crippen molar-refractivity contribution < 1.29 is 0 Å². The van der Waals surface area contributed by atoms with Crippen LogP contribution in [0.4, 0.5) is 0 Å². The molecule has 1 rings (SSSR count). The topological polar surface area (TPSA) is 6.48 Å². The number of rotatable bonds is 10. The van der Waals surface area contributed by atoms with Crippen molar-refractivity contribution in [3.8, 4) is 0 Å². The van der Waals surface area contributed by atoms with Crippen molar-refractivity contribution in [3.05, 3.63) is 0 Å². The summed E-state index contributed by atoms with van der Waals surface area (Å²) in [6.07, 6.45) is 11.2. The molecule has 2 nitrogen and oxygen atoms in total. The van der Waals surface area contributed by atoms with Gasteiger partial charge in [0.25, 0.3) is 0 Å². The summed E-state index contributed by atoms with van der Waals surface area (Å²) >= 11 is 0. The van der Waals surface area contributed by atoms with Crippen LogP contribution in [0.15, 0.2) is 0 Å². The Balaban J connectivity index is 2.40. The van der Waals surface area contributed by atoms with Gasteiger partial charge >= 0.3 is 0 Å². The minimum absolute atomic E-state index is 0.555. The van der Waals surface area contributed by atoms with Crippen LogP contribution in [0.25, 0.3) is 0 Å². The number of unbranched alkanes of at least 4 members (excludes halogenated alkanes) is 4. The summed E-state index contributed by atoms with van der Waals surface area (Å²) < 4.78 is 0. The van der Waals surface area contributed by atoms with Crippen LogP contribution in [-0.4, -0.2) is 50.4 Å². The molecule has 0 spiro atoms. The first-order chi connectivity index (χ1) is 9.59. The third-order valence-corrected chi connectivity index (χ3v) is 4.97. The maximum Gasteiger partial charge on any atom is 0.185 e. The summed E-state index contributed by atoms with van der Waals surface area (Å²) in [5.41, 5.74) is 0.555. The van der Waals surface area contributed by atoms with Crippen molar-refractivity contribution in [2.45, 2.75) is 72.1 Å². The molecule has 1 unspecified atom stereocenters. The second-order valence-corrected chi connectivity index (χ2v) is 7.30. The van der Waals surface area contributed by atoms with Crippen molar-refractivity contribution in [1.82, 2.24) is 9.71 Å². The average molecular weight is 280 g/mol. The van der Waals surface area contributed by atoms with E-state index in [0.29, 0.717) is 5.41 Å². The summed E-state index contributed by atoms with van der Waals surface area (Å²) in [4.78, 5) is 5.18. The van der Waals surface area contributed by atoms with Crippen LogP contribution in [0, 0.1) is 5.41 Å². The maximum absolute atomic E-state index is 2.72. The first-order valence-electron chi connectivity index (χ1n) is 9.00. The van der Waals surface area contributed by atoms with E-state index >= 15 is 0 Å². The smallest absolute Gasteiger partial charge is 0.185 e. The fourth-order valence-electron chi connectivity index (χ4n) is 3.41. The van der Waals surface area contributed by atoms with Crippen molar-refractivity contribution in [3.63, 3.8) is 0 Å². The van der Waals surface area contributed by atoms with Gasteiger partial charge in [0, 0.05) is 19.6 Å². The summed E-state index contributed by atoms with van der Waals surface area (Å²) in [7, 11) is 2.25. The van der Waals surface area contributed by atoms with Crippen molar-refractivity contribution in [2.24, 2.45) is 5.41 Å². The minimum atomic E-state index is 0.555. The van der Waals surface area contributed by atoms with Gasteiger partial charge in [0.05, 0.1) is 0 Å². The molecular weight excluding hydrogens is 243 g/mol. The van der Waals surface area contributed by atoms with E-state index in [0.717, 1.165) is 0 Å². The number of piperazine rings is 1. The first-order valence-corrected chi connectivity index (χ1v) is 9.00. The third-order valence-electron chi connectivity index (χ3n) is 4.97. The molecule has 0 aromatic rings. The van der Waals surface area contributed by atoms with Gasteiger partial charge in [-0.15, -0.1) is 0 Å². The zero-order valence-corrected chi connectivity index (χ0v) is 14.6. The Morgan fingerprint density at radius 1 is 0.850 bits per heavy atom. The van der Waals surface area contributed by atoms with Gasteiger partial charge in [-0.1, -0.05) is 59.3 Å². The number of nitrogens with zero attached hydrogens (tertiary/aromatic N) is 2. The molecule has 1 heterocycles. The summed E-state index contributed by atoms with van der Waals surface area (Å²) in [6.45, 7) is 13.5. The van der Waals surface area contributed by atoms with Crippen LogP contribution < -0.4 is 0 Å². The second kappa shape index (κ2) is 9.84. The highest BCUT2D eigenvalue weighted by atomic mass is 15.2. The molecule has 20 heavy (non-hydrogen) atoms. The predicted octanol–water partition coefficient (Wildman–Crippen LogP) is 3.32. The van der Waals surface area contributed by atoms with Crippen molar-refractivity contribution >= 4 is 7.98 Å². The summed E-state index contributed by atoms with van der Waals surface area (Å²) in [5, 5.41) is 0. The van der Waals surface area contributed by atoms with Crippen LogP contribution in [0.1, 0.15) is 72.1 Å². The van der Waals surface area contributed by atoms with Crippen molar-refractivity contribution in [2.75, 3.05) is 32.7 Å². The van der Waals surface area contributed by atoms with Gasteiger partial charge in [0.1, 0.15) is 0 Å². The Bertz CT molecular complexity index is 239. The van der Waals surface area contributed by atoms with Gasteiger partial charge in [-0.25, -0.2) is 0 Å². The SMILES string of the molecule is BN1CCN(CC(C)(CCCC)CCCCCC)CC1. The van der Waals surface area contributed by atoms with E-state index in [9.17, 15) is 0 Å². The molecule has 1 saturated heterocycles. The molecule has 0 bridgehead atoms. The van der Waals surface area contributed by atoms with Crippen LogP contribution in [0.2, 0.25) is 0 Å². The Labute approximate surface area is 128 Å². The maximum atomic E-state index is 2.72. The van der Waals surface area contributed by atoms with Gasteiger partial charge in [-0.05, 0) is 31.3 Å². The number of hydrogen-bond donors (Lipinski definition) is 0. The van der Waals surface area contributed by atoms with E-state index in [2.05, 4.69) is 38.5 Å². The monoisotopic (exact) mass is 280 g/mol. The molecule has 0 radical (unpaired) electrons. The number of hydrogen-bond acceptors (Lipinski definition) is 2. The van der Waals surface area contributed by atoms with Crippen LogP contribution in [-0.2, 0) is 0 Å². The lowest BCUT2D eigenvalue weighted by Crippen LogP contribution is -2.48. The molecule has 1 aliphatic heterocycles. The quantitative estimate of drug-likeness (QED) is 0.447. The van der Waals surface area contributed by atoms with Crippen LogP contribution >= 0.6 is 0 Å². The van der Waals surface area contributed by atoms with Gasteiger partial charge < -0.3 is 9.71 Å². The lowest BCUT2D eigenvalue weighted by atomic mass is 9.79. The summed E-state index contributed by atoms with van der Waals surface area (Å²) in [5.74, 6) is 0. The van der Waals surface area contributed by atoms with E-state index in [1.54, 1.807) is 0 Å². The average Bonchev–Trinajstić information content (AvgIpc) is 2.44. The van der Waals surface area contributed by atoms with E-state index in [4.69, 9.17) is 0 Å². The molecule has 0 saturated carbocycles. The lowest BCUT2D eigenvalue weighted by molar-refractivity contribution is 0.107. The minimum Gasteiger partial charge on any atom is -0.346 e. The van der Waals surface area contributed by atoms with E-state index < -0.39 is 0 Å². The standard InChI is InChI=1S/C17H37BN2/c1-4-6-8-9-11-17(3,10-7-5-2)16-19-12-14-20(18)15-13-19/h4-16,18H2,1-3H3. The fourth-order valence-corrected chi connectivity index (χ4v) is 3.41. The van der Waals surface area contributed by atoms with Crippen molar-refractivity contribution in [1.29, 1.82) is 0 Å². The molecule has 0 aliphatic carbocycles. The van der Waals surface area contributed by atoms with Gasteiger partial charge in [0.15, 0.2) is 7.98 Å². The third kappa shape index (κ3) is 7.13. The molecule has 0 aromatic heterocycles. The molecule has 1 aliphatic rings. The molecule has 1 fully saturated rings. The molecule has 1 atom stereocenters. The van der Waals surface area contributed by atoms with Gasteiger partial charge in [-0.2, -0.15) is 0 Å². The summed E-state index contributed by atoms with van der Waals surface area (Å²) in [6, 6.07) is 0. The van der Waals surface area contributed by atoms with E-state index in [1.165, 1.54) is 84.1 Å². The van der Waals surface area contributed by atoms with Crippen LogP contribution in [0.3, 0.4) is 0 Å². The Morgan fingerprint density at radius 2 is 1.45 bits per heavy atom. The van der Waals surface area contributed by atoms with Crippen LogP contribution in [0.5, 0.6) is 0 Å². The molecule has 3 heteroatoms. The largest absolute Gasteiger partial charge is 0.346 e. The fraction of sp³-hybridized carbons (Fsp3) is 1.00. The molecular formula is C17H37BN2. The Hall–Kier alpha value is -0.0151. The van der Waals surface area contributed by atoms with E-state index in [1.807, 2.05) is 0 Å². The predicted molar refractivity (Wildman–Crippen MR) is 92.9 cm³/mol. The zero-order chi connectivity index (χ0) is 14.8. The molecule has 118 valence electrons. The Kier molecular flexibility index (Phi) is 8.87.